The molecule has 6 rings (SSSR count). The zero-order chi connectivity index (χ0) is 40.3. The molecule has 2 aliphatic carbocycles. The molecule has 0 bridgehead atoms. The average molecular weight is 793 g/mol. The second-order valence-electron chi connectivity index (χ2n) is 14.5. The molecule has 4 aromatic rings. The lowest BCUT2D eigenvalue weighted by molar-refractivity contribution is -0.174. The van der Waals surface area contributed by atoms with Crippen molar-refractivity contribution < 1.29 is 54.2 Å². The fraction of sp³-hybridized carbons (Fsp3) is 0.350. The lowest BCUT2D eigenvalue weighted by Gasteiger charge is -2.46. The van der Waals surface area contributed by atoms with E-state index >= 15 is 0 Å². The fourth-order valence-corrected chi connectivity index (χ4v) is 12.0. The van der Waals surface area contributed by atoms with Crippen LogP contribution in [0.1, 0.15) is 93.0 Å². The smallest absolute Gasteiger partial charge is 0.400 e. The van der Waals surface area contributed by atoms with E-state index in [-0.39, 0.29) is 29.9 Å². The quantitative estimate of drug-likeness (QED) is 0.136. The predicted octanol–water partition coefficient (Wildman–Crippen LogP) is 8.33. The van der Waals surface area contributed by atoms with Crippen molar-refractivity contribution in [2.75, 3.05) is 0 Å². The number of carbonyl (C=O) groups excluding carboxylic acids is 2. The molecular weight excluding hydrogens is 753 g/mol. The number of halogens is 8. The molecule has 0 saturated carbocycles. The second-order valence-corrected chi connectivity index (χ2v) is 18.8. The van der Waals surface area contributed by atoms with Gasteiger partial charge in [-0.2, -0.15) is 26.3 Å². The van der Waals surface area contributed by atoms with Gasteiger partial charge in [-0.3, -0.25) is 9.59 Å². The maximum absolute atomic E-state index is 14.3. The van der Waals surface area contributed by atoms with E-state index in [1.165, 1.54) is 18.2 Å². The van der Waals surface area contributed by atoms with Gasteiger partial charge in [-0.05, 0) is 87.6 Å². The van der Waals surface area contributed by atoms with Gasteiger partial charge in [0.2, 0.25) is 0 Å². The Balaban J connectivity index is 0.000000256. The Morgan fingerprint density at radius 3 is 1.47 bits per heavy atom. The van der Waals surface area contributed by atoms with Crippen LogP contribution in [-0.4, -0.2) is 37.6 Å². The van der Waals surface area contributed by atoms with Gasteiger partial charge in [0.15, 0.2) is 0 Å². The molecule has 0 aliphatic heterocycles. The van der Waals surface area contributed by atoms with Crippen LogP contribution >= 0.6 is 0 Å². The summed E-state index contributed by atoms with van der Waals surface area (Å²) in [7, 11) is -2.96. The first-order valence-corrected chi connectivity index (χ1v) is 19.4. The van der Waals surface area contributed by atoms with Gasteiger partial charge in [0.05, 0.1) is 24.3 Å². The Morgan fingerprint density at radius 2 is 1.04 bits per heavy atom. The Morgan fingerprint density at radius 1 is 0.618 bits per heavy atom. The van der Waals surface area contributed by atoms with Crippen molar-refractivity contribution in [3.63, 3.8) is 0 Å². The van der Waals surface area contributed by atoms with Crippen LogP contribution < -0.4 is 21.0 Å². The molecule has 2 amide bonds. The zero-order valence-corrected chi connectivity index (χ0v) is 31.1. The number of fused-ring (bicyclic) bond motifs is 2. The van der Waals surface area contributed by atoms with E-state index in [1.54, 1.807) is 6.07 Å². The topological polar surface area (TPSA) is 87.7 Å². The second kappa shape index (κ2) is 16.2. The number of alkyl halides is 6. The minimum Gasteiger partial charge on any atom is -0.400 e. The number of amides is 2. The van der Waals surface area contributed by atoms with Gasteiger partial charge in [0, 0.05) is 0 Å². The number of rotatable bonds is 6. The standard InChI is InChI=1S/C28H29F4NO2Si.C12H11F4NO2/c1-27(2,3)36(20-10-6-4-7-11-20,21-12-8-5-9-13-21)35-25-17-16-24(33-26(34)28(30,31)32)23-18-19(29)14-15-22(23)25;13-6-1-2-7-8(5-6)9(3-4-10(7)18)17-11(19)12(14,15)16/h4-15,18,24-25H,16-17H2,1-3H3,(H,33,34);1-2,5,9-10,18H,3-4H2,(H,17,19)/t24-,25-;9-,10-/m11/s1. The monoisotopic (exact) mass is 792 g/mol. The summed E-state index contributed by atoms with van der Waals surface area (Å²) < 4.78 is 110. The summed E-state index contributed by atoms with van der Waals surface area (Å²) >= 11 is 0. The molecule has 0 radical (unpaired) electrons. The molecule has 3 N–H and O–H groups in total. The van der Waals surface area contributed by atoms with Gasteiger partial charge < -0.3 is 20.2 Å². The Labute approximate surface area is 314 Å². The zero-order valence-electron chi connectivity index (χ0n) is 30.1. The van der Waals surface area contributed by atoms with Crippen LogP contribution in [0.2, 0.25) is 5.04 Å². The molecule has 294 valence electrons. The van der Waals surface area contributed by atoms with Gasteiger partial charge in [0.1, 0.15) is 11.6 Å². The molecule has 15 heteroatoms. The molecule has 4 aromatic carbocycles. The van der Waals surface area contributed by atoms with Crippen LogP contribution in [0.4, 0.5) is 35.1 Å². The first kappa shape index (κ1) is 41.6. The fourth-order valence-electron chi connectivity index (χ4n) is 7.36. The number of aliphatic hydroxyl groups excluding tert-OH is 1. The third-order valence-electron chi connectivity index (χ3n) is 9.86. The molecular formula is C40H40F8N2O4Si. The van der Waals surface area contributed by atoms with Crippen LogP contribution in [0.25, 0.3) is 0 Å². The number of nitrogens with one attached hydrogen (secondary N) is 2. The molecule has 0 heterocycles. The predicted molar refractivity (Wildman–Crippen MR) is 192 cm³/mol. The number of hydrogen-bond donors (Lipinski definition) is 3. The van der Waals surface area contributed by atoms with Crippen molar-refractivity contribution in [3.8, 4) is 0 Å². The first-order valence-electron chi connectivity index (χ1n) is 17.5. The van der Waals surface area contributed by atoms with Crippen LogP contribution in [0.5, 0.6) is 0 Å². The largest absolute Gasteiger partial charge is 0.471 e. The van der Waals surface area contributed by atoms with E-state index in [9.17, 15) is 49.8 Å². The third kappa shape index (κ3) is 9.27. The molecule has 0 unspecified atom stereocenters. The Bertz CT molecular complexity index is 1930. The molecule has 6 nitrogen and oxygen atoms in total. The lowest BCUT2D eigenvalue weighted by Crippen LogP contribution is -2.67. The van der Waals surface area contributed by atoms with Crippen LogP contribution in [0, 0.1) is 11.6 Å². The van der Waals surface area contributed by atoms with Gasteiger partial charge in [0.25, 0.3) is 8.32 Å². The van der Waals surface area contributed by atoms with Gasteiger partial charge >= 0.3 is 24.2 Å². The molecule has 0 saturated heterocycles. The highest BCUT2D eigenvalue weighted by molar-refractivity contribution is 6.99. The number of benzene rings is 4. The highest BCUT2D eigenvalue weighted by atomic mass is 28.4. The minimum absolute atomic E-state index is 0.124. The van der Waals surface area contributed by atoms with Crippen molar-refractivity contribution in [1.29, 1.82) is 0 Å². The highest BCUT2D eigenvalue weighted by Gasteiger charge is 2.52. The van der Waals surface area contributed by atoms with Crippen molar-refractivity contribution in [1.82, 2.24) is 10.6 Å². The van der Waals surface area contributed by atoms with Crippen LogP contribution in [0.15, 0.2) is 97.1 Å². The van der Waals surface area contributed by atoms with E-state index in [0.29, 0.717) is 23.1 Å². The normalized spacial score (nSPS) is 19.9. The van der Waals surface area contributed by atoms with Crippen molar-refractivity contribution in [3.05, 3.63) is 131 Å². The average Bonchev–Trinajstić information content (AvgIpc) is 3.12. The highest BCUT2D eigenvalue weighted by Crippen LogP contribution is 2.45. The summed E-state index contributed by atoms with van der Waals surface area (Å²) in [5.74, 6) is -5.30. The Kier molecular flexibility index (Phi) is 12.3. The van der Waals surface area contributed by atoms with E-state index in [0.717, 1.165) is 22.5 Å². The van der Waals surface area contributed by atoms with Crippen LogP contribution in [-0.2, 0) is 14.0 Å². The lowest BCUT2D eigenvalue weighted by atomic mass is 9.85. The molecule has 0 aromatic heterocycles. The number of hydrogen-bond acceptors (Lipinski definition) is 4. The third-order valence-corrected chi connectivity index (χ3v) is 14.9. The van der Waals surface area contributed by atoms with E-state index in [4.69, 9.17) is 4.43 Å². The van der Waals surface area contributed by atoms with Crippen molar-refractivity contribution in [2.24, 2.45) is 0 Å². The summed E-state index contributed by atoms with van der Waals surface area (Å²) in [6.45, 7) is 6.42. The van der Waals surface area contributed by atoms with Gasteiger partial charge in [-0.1, -0.05) is 93.6 Å². The summed E-state index contributed by atoms with van der Waals surface area (Å²) in [5.41, 5.74) is 1.46. The summed E-state index contributed by atoms with van der Waals surface area (Å²) in [5, 5.41) is 15.4. The Hall–Kier alpha value is -4.60. The maximum atomic E-state index is 14.3. The molecule has 4 atom stereocenters. The summed E-state index contributed by atoms with van der Waals surface area (Å²) in [6.07, 6.45) is -10.4. The number of aliphatic hydroxyl groups is 1. The van der Waals surface area contributed by atoms with E-state index in [2.05, 4.69) is 45.0 Å². The van der Waals surface area contributed by atoms with Crippen molar-refractivity contribution in [2.45, 2.75) is 88.1 Å². The maximum Gasteiger partial charge on any atom is 0.471 e. The summed E-state index contributed by atoms with van der Waals surface area (Å²) in [4.78, 5) is 22.6. The van der Waals surface area contributed by atoms with Crippen molar-refractivity contribution >= 4 is 30.5 Å². The van der Waals surface area contributed by atoms with Crippen LogP contribution in [0.3, 0.4) is 0 Å². The number of carbonyl (C=O) groups is 2. The SMILES string of the molecule is CC(C)(C)[Si](O[C@@H]1CC[C@@H](NC(=O)C(F)(F)F)c2cc(F)ccc21)(c1ccccc1)c1ccccc1.O=C(N[C@@H]1CC[C@@H](O)c2ccc(F)cc21)C(F)(F)F. The molecule has 0 fully saturated rings. The summed E-state index contributed by atoms with van der Waals surface area (Å²) in [6, 6.07) is 25.7. The first-order chi connectivity index (χ1) is 25.7. The van der Waals surface area contributed by atoms with Gasteiger partial charge in [-0.15, -0.1) is 0 Å². The molecule has 2 aliphatic rings. The minimum atomic E-state index is -5.02. The molecule has 55 heavy (non-hydrogen) atoms. The van der Waals surface area contributed by atoms with E-state index in [1.807, 2.05) is 47.0 Å². The molecule has 0 spiro atoms. The van der Waals surface area contributed by atoms with E-state index < -0.39 is 68.4 Å². The van der Waals surface area contributed by atoms with Gasteiger partial charge in [-0.25, -0.2) is 8.78 Å².